The molecular formula is C15H13ClN4O2S. The first kappa shape index (κ1) is 14.6. The van der Waals surface area contributed by atoms with Crippen LogP contribution in [0.5, 0.6) is 0 Å². The molecule has 1 aliphatic carbocycles. The Morgan fingerprint density at radius 1 is 1.35 bits per heavy atom. The van der Waals surface area contributed by atoms with Crippen molar-refractivity contribution in [3.63, 3.8) is 0 Å². The minimum absolute atomic E-state index is 0.0456. The fourth-order valence-corrected chi connectivity index (χ4v) is 4.01. The monoisotopic (exact) mass is 348 g/mol. The third-order valence-electron chi connectivity index (χ3n) is 4.47. The molecule has 6 nitrogen and oxygen atoms in total. The second-order valence-electron chi connectivity index (χ2n) is 5.73. The smallest absolute Gasteiger partial charge is 0.319 e. The highest BCUT2D eigenvalue weighted by Crippen LogP contribution is 2.40. The second kappa shape index (κ2) is 5.28. The van der Waals surface area contributed by atoms with E-state index >= 15 is 0 Å². The third-order valence-corrected chi connectivity index (χ3v) is 5.45. The van der Waals surface area contributed by atoms with Gasteiger partial charge in [-0.1, -0.05) is 40.4 Å². The van der Waals surface area contributed by atoms with Gasteiger partial charge in [0, 0.05) is 11.5 Å². The van der Waals surface area contributed by atoms with Crippen LogP contribution >= 0.6 is 23.1 Å². The Hall–Kier alpha value is -1.99. The number of imide groups is 1. The van der Waals surface area contributed by atoms with Crippen molar-refractivity contribution in [2.24, 2.45) is 0 Å². The van der Waals surface area contributed by atoms with Gasteiger partial charge in [-0.2, -0.15) is 0 Å². The Kier molecular flexibility index (Phi) is 3.35. The predicted octanol–water partition coefficient (Wildman–Crippen LogP) is 2.48. The summed E-state index contributed by atoms with van der Waals surface area (Å²) < 4.78 is 4.14. The summed E-state index contributed by atoms with van der Waals surface area (Å²) in [6, 6.07) is 7.38. The predicted molar refractivity (Wildman–Crippen MR) is 85.1 cm³/mol. The average Bonchev–Trinajstić information content (AvgIpc) is 3.06. The van der Waals surface area contributed by atoms with Gasteiger partial charge in [-0.05, 0) is 30.4 Å². The lowest BCUT2D eigenvalue weighted by Gasteiger charge is -2.33. The fourth-order valence-electron chi connectivity index (χ4n) is 3.40. The molecule has 1 fully saturated rings. The number of urea groups is 1. The van der Waals surface area contributed by atoms with Gasteiger partial charge in [-0.15, -0.1) is 5.10 Å². The van der Waals surface area contributed by atoms with E-state index in [1.807, 2.05) is 24.3 Å². The number of amides is 3. The Labute approximate surface area is 141 Å². The summed E-state index contributed by atoms with van der Waals surface area (Å²) in [7, 11) is 0. The third kappa shape index (κ3) is 2.14. The van der Waals surface area contributed by atoms with Crippen molar-refractivity contribution >= 4 is 35.1 Å². The molecule has 2 aromatic rings. The molecule has 2 heterocycles. The zero-order valence-electron chi connectivity index (χ0n) is 12.1. The van der Waals surface area contributed by atoms with Crippen LogP contribution in [0.1, 0.15) is 29.7 Å². The highest BCUT2D eigenvalue weighted by atomic mass is 35.5. The first-order chi connectivity index (χ1) is 11.1. The number of nitrogens with one attached hydrogen (secondary N) is 1. The topological polar surface area (TPSA) is 75.2 Å². The van der Waals surface area contributed by atoms with E-state index in [-0.39, 0.29) is 12.5 Å². The summed E-state index contributed by atoms with van der Waals surface area (Å²) in [4.78, 5) is 26.6. The van der Waals surface area contributed by atoms with E-state index in [1.54, 1.807) is 0 Å². The van der Waals surface area contributed by atoms with E-state index in [0.717, 1.165) is 35.5 Å². The van der Waals surface area contributed by atoms with Crippen molar-refractivity contribution in [1.29, 1.82) is 0 Å². The fraction of sp³-hybridized carbons (Fsp3) is 0.333. The number of rotatable bonds is 2. The standard InChI is InChI=1S/C15H13ClN4O2S/c16-12-11(18-19-23-12)8-20-13(21)15(17-14(20)22)7-3-5-9-4-1-2-6-10(9)15/h1-2,4,6H,3,5,7-8H2,(H,17,22). The molecule has 23 heavy (non-hydrogen) atoms. The molecular weight excluding hydrogens is 336 g/mol. The molecule has 1 saturated heterocycles. The molecule has 0 saturated carbocycles. The molecule has 1 atom stereocenters. The van der Waals surface area contributed by atoms with Gasteiger partial charge in [0.1, 0.15) is 15.6 Å². The number of nitrogens with zero attached hydrogens (tertiary/aromatic N) is 3. The number of fused-ring (bicyclic) bond motifs is 2. The van der Waals surface area contributed by atoms with Crippen LogP contribution in [-0.2, 0) is 23.3 Å². The summed E-state index contributed by atoms with van der Waals surface area (Å²) in [6.07, 6.45) is 2.38. The molecule has 118 valence electrons. The normalized spacial score (nSPS) is 23.3. The minimum Gasteiger partial charge on any atom is -0.319 e. The molecule has 1 aromatic heterocycles. The van der Waals surface area contributed by atoms with Gasteiger partial charge in [-0.3, -0.25) is 9.69 Å². The molecule has 0 radical (unpaired) electrons. The van der Waals surface area contributed by atoms with Crippen LogP contribution < -0.4 is 5.32 Å². The summed E-state index contributed by atoms with van der Waals surface area (Å²) in [5.74, 6) is -0.237. The van der Waals surface area contributed by atoms with Gasteiger partial charge in [0.05, 0.1) is 6.54 Å². The molecule has 1 aliphatic heterocycles. The van der Waals surface area contributed by atoms with Gasteiger partial charge in [0.2, 0.25) is 0 Å². The molecule has 1 spiro atoms. The maximum Gasteiger partial charge on any atom is 0.325 e. The van der Waals surface area contributed by atoms with Crippen molar-refractivity contribution in [3.8, 4) is 0 Å². The number of benzene rings is 1. The summed E-state index contributed by atoms with van der Waals surface area (Å²) in [6.45, 7) is 0.0456. The van der Waals surface area contributed by atoms with Crippen LogP contribution in [0.15, 0.2) is 24.3 Å². The van der Waals surface area contributed by atoms with Crippen molar-refractivity contribution in [3.05, 3.63) is 45.4 Å². The van der Waals surface area contributed by atoms with Gasteiger partial charge >= 0.3 is 6.03 Å². The number of aryl methyl sites for hydroxylation is 1. The van der Waals surface area contributed by atoms with E-state index in [4.69, 9.17) is 11.6 Å². The zero-order valence-corrected chi connectivity index (χ0v) is 13.7. The Morgan fingerprint density at radius 3 is 2.96 bits per heavy atom. The Balaban J connectivity index is 1.72. The molecule has 0 bridgehead atoms. The van der Waals surface area contributed by atoms with Crippen molar-refractivity contribution in [2.45, 2.75) is 31.3 Å². The SMILES string of the molecule is O=C1NC2(CCCc3ccccc32)C(=O)N1Cc1nnsc1Cl. The first-order valence-corrected chi connectivity index (χ1v) is 8.46. The van der Waals surface area contributed by atoms with Crippen LogP contribution in [0.4, 0.5) is 4.79 Å². The number of hydrogen-bond acceptors (Lipinski definition) is 5. The van der Waals surface area contributed by atoms with Gasteiger partial charge < -0.3 is 5.32 Å². The molecule has 4 rings (SSSR count). The highest BCUT2D eigenvalue weighted by molar-refractivity contribution is 7.10. The van der Waals surface area contributed by atoms with Crippen LogP contribution in [0.2, 0.25) is 4.34 Å². The lowest BCUT2D eigenvalue weighted by molar-refractivity contribution is -0.132. The molecule has 8 heteroatoms. The van der Waals surface area contributed by atoms with Crippen LogP contribution in [0.3, 0.4) is 0 Å². The van der Waals surface area contributed by atoms with Crippen LogP contribution in [0.25, 0.3) is 0 Å². The second-order valence-corrected chi connectivity index (χ2v) is 7.09. The van der Waals surface area contributed by atoms with Crippen molar-refractivity contribution in [2.75, 3.05) is 0 Å². The summed E-state index contributed by atoms with van der Waals surface area (Å²) in [5.41, 5.74) is 1.50. The van der Waals surface area contributed by atoms with Crippen LogP contribution in [0, 0.1) is 0 Å². The Bertz CT molecular complexity index is 808. The van der Waals surface area contributed by atoms with Gasteiger partial charge in [-0.25, -0.2) is 4.79 Å². The van der Waals surface area contributed by atoms with E-state index in [1.165, 1.54) is 4.90 Å². The van der Waals surface area contributed by atoms with Crippen LogP contribution in [-0.4, -0.2) is 26.4 Å². The quantitative estimate of drug-likeness (QED) is 0.846. The Morgan fingerprint density at radius 2 is 2.17 bits per heavy atom. The maximum atomic E-state index is 13.0. The van der Waals surface area contributed by atoms with Crippen molar-refractivity contribution < 1.29 is 9.59 Å². The van der Waals surface area contributed by atoms with Crippen molar-refractivity contribution in [1.82, 2.24) is 19.8 Å². The number of hydrogen-bond donors (Lipinski definition) is 1. The van der Waals surface area contributed by atoms with E-state index in [2.05, 4.69) is 14.9 Å². The molecule has 1 unspecified atom stereocenters. The maximum absolute atomic E-state index is 13.0. The lowest BCUT2D eigenvalue weighted by Crippen LogP contribution is -2.46. The molecule has 1 N–H and O–H groups in total. The van der Waals surface area contributed by atoms with E-state index in [9.17, 15) is 9.59 Å². The number of carbonyl (C=O) groups excluding carboxylic acids is 2. The molecule has 3 amide bonds. The van der Waals surface area contributed by atoms with Gasteiger partial charge in [0.15, 0.2) is 0 Å². The lowest BCUT2D eigenvalue weighted by atomic mass is 9.76. The van der Waals surface area contributed by atoms with Gasteiger partial charge in [0.25, 0.3) is 5.91 Å². The number of aromatic nitrogens is 2. The summed E-state index contributed by atoms with van der Waals surface area (Å²) >= 11 is 7.04. The average molecular weight is 349 g/mol. The minimum atomic E-state index is -0.956. The van der Waals surface area contributed by atoms with E-state index in [0.29, 0.717) is 16.5 Å². The molecule has 2 aliphatic rings. The molecule has 1 aromatic carbocycles. The summed E-state index contributed by atoms with van der Waals surface area (Å²) in [5, 5.41) is 6.80. The number of carbonyl (C=O) groups is 2. The zero-order chi connectivity index (χ0) is 16.0. The van der Waals surface area contributed by atoms with E-state index < -0.39 is 11.6 Å². The first-order valence-electron chi connectivity index (χ1n) is 7.31. The number of halogens is 1. The largest absolute Gasteiger partial charge is 0.325 e. The highest BCUT2D eigenvalue weighted by Gasteiger charge is 2.54.